The summed E-state index contributed by atoms with van der Waals surface area (Å²) in [6.07, 6.45) is 0.947. The van der Waals surface area contributed by atoms with Crippen LogP contribution in [-0.4, -0.2) is 17.7 Å². The summed E-state index contributed by atoms with van der Waals surface area (Å²) in [4.78, 5) is 0. The van der Waals surface area contributed by atoms with Gasteiger partial charge in [-0.05, 0) is 47.9 Å². The molecule has 1 heterocycles. The normalized spacial score (nSPS) is 17.9. The lowest BCUT2D eigenvalue weighted by molar-refractivity contribution is 0.474. The van der Waals surface area contributed by atoms with Gasteiger partial charge in [0.05, 0.1) is 0 Å². The number of hydrogen-bond acceptors (Lipinski definition) is 3. The van der Waals surface area contributed by atoms with Gasteiger partial charge in [0.2, 0.25) is 0 Å². The van der Waals surface area contributed by atoms with Crippen LogP contribution in [0.15, 0.2) is 46.9 Å². The average Bonchev–Trinajstić information content (AvgIpc) is 2.64. The lowest BCUT2D eigenvalue weighted by Gasteiger charge is -2.16. The van der Waals surface area contributed by atoms with Crippen molar-refractivity contribution < 1.29 is 5.11 Å². The summed E-state index contributed by atoms with van der Waals surface area (Å²) in [6, 6.07) is 14.1. The average molecular weight is 333 g/mol. The summed E-state index contributed by atoms with van der Waals surface area (Å²) in [6.45, 7) is 1.76. The van der Waals surface area contributed by atoms with E-state index >= 15 is 0 Å². The summed E-state index contributed by atoms with van der Waals surface area (Å²) >= 11 is 3.51. The molecule has 0 bridgehead atoms. The molecule has 0 amide bonds. The Hall–Kier alpha value is -1.52. The molecule has 0 saturated heterocycles. The molecule has 20 heavy (non-hydrogen) atoms. The zero-order chi connectivity index (χ0) is 13.9. The highest BCUT2D eigenvalue weighted by Gasteiger charge is 2.15. The van der Waals surface area contributed by atoms with Crippen molar-refractivity contribution in [1.29, 1.82) is 0 Å². The van der Waals surface area contributed by atoms with Crippen molar-refractivity contribution in [1.82, 2.24) is 5.32 Å². The third-order valence-corrected chi connectivity index (χ3v) is 4.10. The van der Waals surface area contributed by atoms with Crippen molar-refractivity contribution in [2.75, 3.05) is 11.9 Å². The lowest BCUT2D eigenvalue weighted by Crippen LogP contribution is -2.34. The number of benzene rings is 2. The second-order valence-electron chi connectivity index (χ2n) is 5.13. The van der Waals surface area contributed by atoms with Crippen molar-refractivity contribution in [2.24, 2.45) is 0 Å². The number of rotatable bonds is 2. The minimum Gasteiger partial charge on any atom is -0.508 e. The molecular formula is C16H17BrN2O. The van der Waals surface area contributed by atoms with E-state index in [1.807, 2.05) is 12.1 Å². The molecule has 1 aliphatic rings. The SMILES string of the molecule is Oc1ccc(C[C@@H]2CNc3ccc(Br)cc3CN2)cc1. The standard InChI is InChI=1S/C16H17BrN2O/c17-13-3-6-16-12(8-13)9-18-14(10-19-16)7-11-1-4-15(20)5-2-11/h1-6,8,14,18-20H,7,9-10H2/t14-/m1/s1. The topological polar surface area (TPSA) is 44.3 Å². The number of hydrogen-bond donors (Lipinski definition) is 3. The van der Waals surface area contributed by atoms with E-state index in [9.17, 15) is 5.11 Å². The molecule has 0 fully saturated rings. The highest BCUT2D eigenvalue weighted by Crippen LogP contribution is 2.23. The molecule has 4 heteroatoms. The van der Waals surface area contributed by atoms with Crippen molar-refractivity contribution in [3.05, 3.63) is 58.1 Å². The van der Waals surface area contributed by atoms with E-state index in [0.717, 1.165) is 24.0 Å². The number of fused-ring (bicyclic) bond motifs is 1. The van der Waals surface area contributed by atoms with Crippen molar-refractivity contribution in [3.63, 3.8) is 0 Å². The van der Waals surface area contributed by atoms with Crippen LogP contribution in [0.25, 0.3) is 0 Å². The van der Waals surface area contributed by atoms with Crippen molar-refractivity contribution in [3.8, 4) is 5.75 Å². The Morgan fingerprint density at radius 3 is 2.75 bits per heavy atom. The van der Waals surface area contributed by atoms with E-state index in [1.54, 1.807) is 12.1 Å². The number of nitrogens with one attached hydrogen (secondary N) is 2. The third-order valence-electron chi connectivity index (χ3n) is 3.61. The highest BCUT2D eigenvalue weighted by atomic mass is 79.9. The number of phenolic OH excluding ortho intramolecular Hbond substituents is 1. The quantitative estimate of drug-likeness (QED) is 0.790. The van der Waals surface area contributed by atoms with Gasteiger partial charge in [-0.1, -0.05) is 28.1 Å². The monoisotopic (exact) mass is 332 g/mol. The Balaban J connectivity index is 1.68. The minimum atomic E-state index is 0.318. The number of phenols is 1. The van der Waals surface area contributed by atoms with E-state index < -0.39 is 0 Å². The second-order valence-corrected chi connectivity index (χ2v) is 6.05. The maximum absolute atomic E-state index is 9.32. The predicted octanol–water partition coefficient (Wildman–Crippen LogP) is 3.28. The molecule has 0 saturated carbocycles. The largest absolute Gasteiger partial charge is 0.508 e. The number of halogens is 1. The fourth-order valence-corrected chi connectivity index (χ4v) is 2.91. The maximum Gasteiger partial charge on any atom is 0.115 e. The molecule has 1 atom stereocenters. The van der Waals surface area contributed by atoms with Gasteiger partial charge in [0.1, 0.15) is 5.75 Å². The first kappa shape index (κ1) is 13.5. The summed E-state index contributed by atoms with van der Waals surface area (Å²) in [7, 11) is 0. The molecule has 3 N–H and O–H groups in total. The molecule has 2 aromatic rings. The minimum absolute atomic E-state index is 0.318. The Morgan fingerprint density at radius 2 is 1.95 bits per heavy atom. The smallest absolute Gasteiger partial charge is 0.115 e. The Labute approximate surface area is 127 Å². The molecule has 104 valence electrons. The third kappa shape index (κ3) is 3.14. The fourth-order valence-electron chi connectivity index (χ4n) is 2.50. The molecule has 0 aromatic heterocycles. The zero-order valence-electron chi connectivity index (χ0n) is 11.1. The van der Waals surface area contributed by atoms with E-state index in [-0.39, 0.29) is 0 Å². The molecule has 1 aliphatic heterocycles. The number of anilines is 1. The first-order chi connectivity index (χ1) is 9.70. The first-order valence-corrected chi connectivity index (χ1v) is 7.53. The molecule has 0 unspecified atom stereocenters. The van der Waals surface area contributed by atoms with Gasteiger partial charge in [-0.15, -0.1) is 0 Å². The predicted molar refractivity (Wildman–Crippen MR) is 85.1 cm³/mol. The van der Waals surface area contributed by atoms with Gasteiger partial charge in [0.25, 0.3) is 0 Å². The molecule has 3 rings (SSSR count). The van der Waals surface area contributed by atoms with E-state index in [4.69, 9.17) is 0 Å². The van der Waals surface area contributed by atoms with Gasteiger partial charge in [0.15, 0.2) is 0 Å². The van der Waals surface area contributed by atoms with Gasteiger partial charge in [-0.3, -0.25) is 0 Å². The fraction of sp³-hybridized carbons (Fsp3) is 0.250. The van der Waals surface area contributed by atoms with E-state index in [1.165, 1.54) is 16.8 Å². The summed E-state index contributed by atoms with van der Waals surface area (Å²) in [5.41, 5.74) is 3.72. The van der Waals surface area contributed by atoms with Crippen LogP contribution in [0.5, 0.6) is 5.75 Å². The molecular weight excluding hydrogens is 316 g/mol. The van der Waals surface area contributed by atoms with Gasteiger partial charge >= 0.3 is 0 Å². The van der Waals surface area contributed by atoms with Crippen LogP contribution in [-0.2, 0) is 13.0 Å². The van der Waals surface area contributed by atoms with Crippen molar-refractivity contribution in [2.45, 2.75) is 19.0 Å². The molecule has 3 nitrogen and oxygen atoms in total. The number of aromatic hydroxyl groups is 1. The highest BCUT2D eigenvalue weighted by molar-refractivity contribution is 9.10. The Kier molecular flexibility index (Phi) is 3.94. The van der Waals surface area contributed by atoms with Gasteiger partial charge in [0, 0.05) is 29.3 Å². The summed E-state index contributed by atoms with van der Waals surface area (Å²) in [5, 5.41) is 16.4. The Morgan fingerprint density at radius 1 is 1.15 bits per heavy atom. The molecule has 0 aliphatic carbocycles. The maximum atomic E-state index is 9.32. The van der Waals surface area contributed by atoms with Crippen LogP contribution < -0.4 is 10.6 Å². The van der Waals surface area contributed by atoms with Crippen LogP contribution in [0.1, 0.15) is 11.1 Å². The first-order valence-electron chi connectivity index (χ1n) is 6.74. The molecule has 2 aromatic carbocycles. The van der Waals surface area contributed by atoms with Crippen LogP contribution in [0.4, 0.5) is 5.69 Å². The second kappa shape index (κ2) is 5.85. The molecule has 0 radical (unpaired) electrons. The molecule has 0 spiro atoms. The van der Waals surface area contributed by atoms with E-state index in [2.05, 4.69) is 44.8 Å². The lowest BCUT2D eigenvalue weighted by atomic mass is 10.1. The van der Waals surface area contributed by atoms with Crippen molar-refractivity contribution >= 4 is 21.6 Å². The van der Waals surface area contributed by atoms with Gasteiger partial charge < -0.3 is 15.7 Å². The van der Waals surface area contributed by atoms with E-state index in [0.29, 0.717) is 11.8 Å². The summed E-state index contributed by atoms with van der Waals surface area (Å²) < 4.78 is 1.11. The van der Waals surface area contributed by atoms with Crippen LogP contribution in [0, 0.1) is 0 Å². The zero-order valence-corrected chi connectivity index (χ0v) is 12.7. The van der Waals surface area contributed by atoms with Crippen LogP contribution in [0.3, 0.4) is 0 Å². The Bertz CT molecular complexity index is 598. The van der Waals surface area contributed by atoms with Gasteiger partial charge in [-0.25, -0.2) is 0 Å². The van der Waals surface area contributed by atoms with Gasteiger partial charge in [-0.2, -0.15) is 0 Å². The van der Waals surface area contributed by atoms with Crippen LogP contribution in [0.2, 0.25) is 0 Å². The summed E-state index contributed by atoms with van der Waals surface area (Å²) in [5.74, 6) is 0.318. The van der Waals surface area contributed by atoms with Crippen LogP contribution >= 0.6 is 15.9 Å².